The fourth-order valence-electron chi connectivity index (χ4n) is 2.67. The van der Waals surface area contributed by atoms with Gasteiger partial charge >= 0.3 is 0 Å². The Labute approximate surface area is 168 Å². The second kappa shape index (κ2) is 10.2. The van der Waals surface area contributed by atoms with Crippen molar-refractivity contribution in [3.05, 3.63) is 58.1 Å². The molecule has 2 aromatic rings. The molecule has 0 spiro atoms. The van der Waals surface area contributed by atoms with Crippen molar-refractivity contribution in [3.63, 3.8) is 0 Å². The zero-order valence-corrected chi connectivity index (χ0v) is 16.6. The van der Waals surface area contributed by atoms with E-state index in [-0.39, 0.29) is 30.6 Å². The second-order valence-electron chi connectivity index (χ2n) is 6.36. The molecule has 0 atom stereocenters. The summed E-state index contributed by atoms with van der Waals surface area (Å²) < 4.78 is 5.21. The average molecular weight is 400 g/mol. The van der Waals surface area contributed by atoms with Crippen LogP contribution in [-0.2, 0) is 9.59 Å². The first-order valence-electron chi connectivity index (χ1n) is 9.04. The zero-order valence-electron chi connectivity index (χ0n) is 16.6. The second-order valence-corrected chi connectivity index (χ2v) is 6.36. The van der Waals surface area contributed by atoms with Crippen LogP contribution < -0.4 is 15.4 Å². The highest BCUT2D eigenvalue weighted by Gasteiger charge is 2.16. The first kappa shape index (κ1) is 21.8. The molecule has 9 heteroatoms. The van der Waals surface area contributed by atoms with Crippen LogP contribution in [0.25, 0.3) is 0 Å². The van der Waals surface area contributed by atoms with E-state index in [0.29, 0.717) is 29.2 Å². The third-order valence-electron chi connectivity index (χ3n) is 4.27. The van der Waals surface area contributed by atoms with Crippen molar-refractivity contribution in [2.45, 2.75) is 13.8 Å². The number of anilines is 2. The summed E-state index contributed by atoms with van der Waals surface area (Å²) in [5, 5.41) is 16.4. The number of amides is 2. The summed E-state index contributed by atoms with van der Waals surface area (Å²) in [6.45, 7) is 4.04. The quantitative estimate of drug-likeness (QED) is 0.494. The lowest BCUT2D eigenvalue weighted by atomic mass is 10.2. The Morgan fingerprint density at radius 3 is 2.28 bits per heavy atom. The average Bonchev–Trinajstić information content (AvgIpc) is 2.69. The smallest absolute Gasteiger partial charge is 0.271 e. The normalized spacial score (nSPS) is 10.5. The van der Waals surface area contributed by atoms with E-state index in [2.05, 4.69) is 10.6 Å². The molecule has 29 heavy (non-hydrogen) atoms. The highest BCUT2D eigenvalue weighted by atomic mass is 16.6. The minimum Gasteiger partial charge on any atom is -0.495 e. The van der Waals surface area contributed by atoms with Gasteiger partial charge < -0.3 is 15.4 Å². The maximum absolute atomic E-state index is 12.4. The summed E-state index contributed by atoms with van der Waals surface area (Å²) >= 11 is 0. The molecule has 0 aliphatic carbocycles. The Morgan fingerprint density at radius 2 is 1.69 bits per heavy atom. The van der Waals surface area contributed by atoms with Gasteiger partial charge in [0, 0.05) is 12.1 Å². The van der Waals surface area contributed by atoms with Crippen LogP contribution >= 0.6 is 0 Å². The van der Waals surface area contributed by atoms with Crippen LogP contribution in [0, 0.1) is 17.0 Å². The number of non-ortho nitro benzene ring substituents is 1. The third kappa shape index (κ3) is 6.28. The Morgan fingerprint density at radius 1 is 1.07 bits per heavy atom. The molecule has 0 aliphatic rings. The van der Waals surface area contributed by atoms with Gasteiger partial charge in [-0.1, -0.05) is 25.1 Å². The number of nitro groups is 1. The van der Waals surface area contributed by atoms with E-state index in [0.717, 1.165) is 0 Å². The first-order valence-corrected chi connectivity index (χ1v) is 9.04. The Bertz CT molecular complexity index is 900. The van der Waals surface area contributed by atoms with Crippen LogP contribution in [-0.4, -0.2) is 48.4 Å². The van der Waals surface area contributed by atoms with E-state index in [9.17, 15) is 19.7 Å². The molecule has 2 N–H and O–H groups in total. The number of hydrogen-bond acceptors (Lipinski definition) is 6. The van der Waals surface area contributed by atoms with Crippen LogP contribution in [0.4, 0.5) is 17.1 Å². The van der Waals surface area contributed by atoms with Gasteiger partial charge in [0.1, 0.15) is 5.75 Å². The summed E-state index contributed by atoms with van der Waals surface area (Å²) in [5.74, 6) is -0.0981. The number of methoxy groups -OCH3 is 1. The number of ether oxygens (including phenoxy) is 1. The monoisotopic (exact) mass is 400 g/mol. The van der Waals surface area contributed by atoms with Crippen LogP contribution in [0.2, 0.25) is 0 Å². The van der Waals surface area contributed by atoms with Crippen molar-refractivity contribution in [2.75, 3.05) is 37.4 Å². The van der Waals surface area contributed by atoms with Gasteiger partial charge in [0.05, 0.1) is 36.5 Å². The van der Waals surface area contributed by atoms with Crippen molar-refractivity contribution in [1.29, 1.82) is 0 Å². The highest BCUT2D eigenvalue weighted by molar-refractivity contribution is 5.95. The molecule has 9 nitrogen and oxygen atoms in total. The molecular weight excluding hydrogens is 376 g/mol. The van der Waals surface area contributed by atoms with E-state index < -0.39 is 4.92 Å². The minimum absolute atomic E-state index is 0.00981. The van der Waals surface area contributed by atoms with Crippen molar-refractivity contribution in [1.82, 2.24) is 4.90 Å². The van der Waals surface area contributed by atoms with Gasteiger partial charge in [0.25, 0.3) is 5.69 Å². The van der Waals surface area contributed by atoms with Crippen molar-refractivity contribution in [2.24, 2.45) is 0 Å². The van der Waals surface area contributed by atoms with Crippen molar-refractivity contribution >= 4 is 28.9 Å². The molecule has 154 valence electrons. The number of hydrogen-bond donors (Lipinski definition) is 2. The number of likely N-dealkylation sites (N-methyl/N-ethyl adjacent to an activating group) is 1. The summed E-state index contributed by atoms with van der Waals surface area (Å²) in [7, 11) is 1.52. The molecule has 2 amide bonds. The first-order chi connectivity index (χ1) is 13.8. The van der Waals surface area contributed by atoms with Crippen molar-refractivity contribution < 1.29 is 19.2 Å². The molecule has 0 unspecified atom stereocenters. The molecule has 2 rings (SSSR count). The number of nitrogens with zero attached hydrogens (tertiary/aromatic N) is 2. The Balaban J connectivity index is 1.97. The molecule has 2 aromatic carbocycles. The van der Waals surface area contributed by atoms with Crippen LogP contribution in [0.3, 0.4) is 0 Å². The molecule has 0 bridgehead atoms. The van der Waals surface area contributed by atoms with Gasteiger partial charge in [-0.05, 0) is 31.2 Å². The minimum atomic E-state index is -0.518. The number of carbonyl (C=O) groups excluding carboxylic acids is 2. The molecule has 0 aliphatic heterocycles. The molecule has 0 aromatic heterocycles. The summed E-state index contributed by atoms with van der Waals surface area (Å²) in [6.07, 6.45) is 0. The van der Waals surface area contributed by atoms with Gasteiger partial charge in [-0.2, -0.15) is 0 Å². The van der Waals surface area contributed by atoms with Crippen molar-refractivity contribution in [3.8, 4) is 5.75 Å². The Hall–Kier alpha value is -3.46. The fraction of sp³-hybridized carbons (Fsp3) is 0.300. The molecule has 0 radical (unpaired) electrons. The molecular formula is C20H24N4O5. The van der Waals surface area contributed by atoms with E-state index in [1.165, 1.54) is 19.2 Å². The standard InChI is InChI=1S/C20H24N4O5/c1-4-23(12-19(25)21-16-7-5-6-8-18(16)29-3)13-20(26)22-17-11-15(24(27)28)10-9-14(17)2/h5-11H,4,12-13H2,1-3H3,(H,21,25)(H,22,26). The van der Waals surface area contributed by atoms with Gasteiger partial charge in [-0.3, -0.25) is 24.6 Å². The number of aryl methyl sites for hydroxylation is 1. The van der Waals surface area contributed by atoms with E-state index in [1.807, 2.05) is 6.92 Å². The number of para-hydroxylation sites is 2. The lowest BCUT2D eigenvalue weighted by Gasteiger charge is -2.20. The number of nitro benzene ring substituents is 1. The van der Waals surface area contributed by atoms with Crippen LogP contribution in [0.1, 0.15) is 12.5 Å². The van der Waals surface area contributed by atoms with E-state index in [1.54, 1.807) is 42.2 Å². The van der Waals surface area contributed by atoms with Gasteiger partial charge in [0.15, 0.2) is 0 Å². The molecule has 0 saturated carbocycles. The van der Waals surface area contributed by atoms with Gasteiger partial charge in [-0.15, -0.1) is 0 Å². The van der Waals surface area contributed by atoms with E-state index in [4.69, 9.17) is 4.74 Å². The molecule has 0 saturated heterocycles. The predicted octanol–water partition coefficient (Wildman–Crippen LogP) is 2.81. The number of carbonyl (C=O) groups is 2. The fourth-order valence-corrected chi connectivity index (χ4v) is 2.67. The highest BCUT2D eigenvalue weighted by Crippen LogP contribution is 2.23. The predicted molar refractivity (Wildman–Crippen MR) is 110 cm³/mol. The summed E-state index contributed by atoms with van der Waals surface area (Å²) in [4.78, 5) is 36.8. The van der Waals surface area contributed by atoms with Gasteiger partial charge in [-0.25, -0.2) is 0 Å². The number of benzene rings is 2. The molecule has 0 fully saturated rings. The third-order valence-corrected chi connectivity index (χ3v) is 4.27. The largest absolute Gasteiger partial charge is 0.495 e. The Kier molecular flexibility index (Phi) is 7.67. The summed E-state index contributed by atoms with van der Waals surface area (Å²) in [6, 6.07) is 11.3. The van der Waals surface area contributed by atoms with Crippen LogP contribution in [0.15, 0.2) is 42.5 Å². The van der Waals surface area contributed by atoms with Crippen LogP contribution in [0.5, 0.6) is 5.75 Å². The van der Waals surface area contributed by atoms with Gasteiger partial charge in [0.2, 0.25) is 11.8 Å². The zero-order chi connectivity index (χ0) is 21.4. The number of rotatable bonds is 9. The summed E-state index contributed by atoms with van der Waals surface area (Å²) in [5.41, 5.74) is 1.53. The lowest BCUT2D eigenvalue weighted by Crippen LogP contribution is -2.38. The topological polar surface area (TPSA) is 114 Å². The number of nitrogens with one attached hydrogen (secondary N) is 2. The van der Waals surface area contributed by atoms with E-state index >= 15 is 0 Å². The SMILES string of the molecule is CCN(CC(=O)Nc1cc([N+](=O)[O-])ccc1C)CC(=O)Nc1ccccc1OC. The lowest BCUT2D eigenvalue weighted by molar-refractivity contribution is -0.384. The molecule has 0 heterocycles. The maximum atomic E-state index is 12.4. The maximum Gasteiger partial charge on any atom is 0.271 e.